The number of nitrogens with zero attached hydrogens (tertiary/aromatic N) is 5. The number of carbonyl (C=O) groups is 1. The molecule has 3 aromatic heterocycles. The second kappa shape index (κ2) is 12.1. The maximum absolute atomic E-state index is 13.5. The zero-order chi connectivity index (χ0) is 31.6. The van der Waals surface area contributed by atoms with Crippen LogP contribution in [0, 0.1) is 6.92 Å². The summed E-state index contributed by atoms with van der Waals surface area (Å²) in [5.41, 5.74) is 3.99. The molecule has 0 aliphatic rings. The molecule has 0 aliphatic carbocycles. The Morgan fingerprint density at radius 3 is 2.42 bits per heavy atom. The highest BCUT2D eigenvalue weighted by molar-refractivity contribution is 6.02. The van der Waals surface area contributed by atoms with E-state index in [2.05, 4.69) is 30.7 Å². The van der Waals surface area contributed by atoms with Gasteiger partial charge in [0.2, 0.25) is 0 Å². The van der Waals surface area contributed by atoms with Gasteiger partial charge in [0, 0.05) is 23.0 Å². The Balaban J connectivity index is 1.14. The molecule has 0 unspecified atom stereocenters. The first-order chi connectivity index (χ1) is 21.7. The number of halogens is 3. The van der Waals surface area contributed by atoms with Gasteiger partial charge in [0.05, 0.1) is 42.1 Å². The summed E-state index contributed by atoms with van der Waals surface area (Å²) in [5, 5.41) is 18.8. The van der Waals surface area contributed by atoms with E-state index in [4.69, 9.17) is 4.74 Å². The predicted molar refractivity (Wildman–Crippen MR) is 161 cm³/mol. The van der Waals surface area contributed by atoms with E-state index in [-0.39, 0.29) is 24.0 Å². The number of nitrogens with one attached hydrogen (secondary N) is 2. The highest BCUT2D eigenvalue weighted by Crippen LogP contribution is 2.36. The van der Waals surface area contributed by atoms with Crippen LogP contribution in [0.5, 0.6) is 11.8 Å². The molecule has 0 atom stereocenters. The minimum atomic E-state index is -4.62. The van der Waals surface area contributed by atoms with Crippen molar-refractivity contribution in [2.45, 2.75) is 19.7 Å². The number of fused-ring (bicyclic) bond motifs is 1. The van der Waals surface area contributed by atoms with E-state index in [0.717, 1.165) is 34.6 Å². The van der Waals surface area contributed by atoms with Crippen LogP contribution in [0.3, 0.4) is 0 Å². The summed E-state index contributed by atoms with van der Waals surface area (Å²) in [4.78, 5) is 25.6. The molecule has 3 heterocycles. The molecule has 3 N–H and O–H groups in total. The normalized spacial score (nSPS) is 11.4. The lowest BCUT2D eigenvalue weighted by Gasteiger charge is -2.16. The summed E-state index contributed by atoms with van der Waals surface area (Å²) in [5.74, 6) is 0.472. The third-order valence-electron chi connectivity index (χ3n) is 6.78. The number of aliphatic hydroxyl groups excluding tert-OH is 1. The summed E-state index contributed by atoms with van der Waals surface area (Å²) in [6.45, 7) is 1.66. The molecule has 0 saturated carbocycles. The first-order valence-electron chi connectivity index (χ1n) is 13.6. The summed E-state index contributed by atoms with van der Waals surface area (Å²) in [6, 6.07) is 18.0. The van der Waals surface area contributed by atoms with Gasteiger partial charge in [0.25, 0.3) is 0 Å². The standard InChI is InChI=1S/C32H24F3N7O3/c1-19-11-12-42-29(39-19)27(17-38-42)21-5-8-25(9-6-21)45-31-36-15-24(16-37-31)40-30(44)41-28-14-23(32(33,34)35)7-10-26(28)22-4-2-3-20(13-22)18-43/h2-17,43H,18H2,1H3,(H2,40,41,44). The van der Waals surface area contributed by atoms with Gasteiger partial charge >= 0.3 is 18.2 Å². The van der Waals surface area contributed by atoms with Crippen LogP contribution >= 0.6 is 0 Å². The average molecular weight is 612 g/mol. The van der Waals surface area contributed by atoms with Gasteiger partial charge in [0.1, 0.15) is 5.75 Å². The monoisotopic (exact) mass is 611 g/mol. The second-order valence-corrected chi connectivity index (χ2v) is 9.97. The van der Waals surface area contributed by atoms with Gasteiger partial charge in [-0.15, -0.1) is 0 Å². The predicted octanol–water partition coefficient (Wildman–Crippen LogP) is 7.11. The van der Waals surface area contributed by atoms with Crippen LogP contribution in [-0.2, 0) is 12.8 Å². The molecule has 6 rings (SSSR count). The Morgan fingerprint density at radius 2 is 1.69 bits per heavy atom. The molecule has 2 amide bonds. The van der Waals surface area contributed by atoms with E-state index in [9.17, 15) is 23.1 Å². The van der Waals surface area contributed by atoms with Crippen LogP contribution in [0.2, 0.25) is 0 Å². The number of alkyl halides is 3. The molecule has 0 aliphatic heterocycles. The highest BCUT2D eigenvalue weighted by atomic mass is 19.4. The van der Waals surface area contributed by atoms with E-state index < -0.39 is 17.8 Å². The summed E-state index contributed by atoms with van der Waals surface area (Å²) >= 11 is 0. The van der Waals surface area contributed by atoms with Crippen molar-refractivity contribution in [1.82, 2.24) is 24.6 Å². The van der Waals surface area contributed by atoms with Gasteiger partial charge in [-0.25, -0.2) is 24.3 Å². The number of ether oxygens (including phenoxy) is 1. The molecular weight excluding hydrogens is 587 g/mol. The van der Waals surface area contributed by atoms with E-state index in [0.29, 0.717) is 22.4 Å². The summed E-state index contributed by atoms with van der Waals surface area (Å²) in [6.07, 6.45) is 1.58. The number of anilines is 2. The number of aromatic nitrogens is 5. The van der Waals surface area contributed by atoms with Crippen LogP contribution in [0.4, 0.5) is 29.3 Å². The molecule has 0 radical (unpaired) electrons. The van der Waals surface area contributed by atoms with E-state index in [1.807, 2.05) is 31.3 Å². The van der Waals surface area contributed by atoms with Gasteiger partial charge < -0.3 is 20.5 Å². The smallest absolute Gasteiger partial charge is 0.416 e. The van der Waals surface area contributed by atoms with Crippen LogP contribution in [0.25, 0.3) is 27.9 Å². The van der Waals surface area contributed by atoms with Gasteiger partial charge in [-0.2, -0.15) is 18.3 Å². The van der Waals surface area contributed by atoms with Crippen molar-refractivity contribution in [3.05, 3.63) is 114 Å². The molecule has 13 heteroatoms. The van der Waals surface area contributed by atoms with E-state index in [1.165, 1.54) is 18.5 Å². The fourth-order valence-corrected chi connectivity index (χ4v) is 4.60. The highest BCUT2D eigenvalue weighted by Gasteiger charge is 2.31. The number of aryl methyl sites for hydroxylation is 1. The number of hydrogen-bond acceptors (Lipinski definition) is 7. The van der Waals surface area contributed by atoms with Gasteiger partial charge in [-0.05, 0) is 60.0 Å². The summed E-state index contributed by atoms with van der Waals surface area (Å²) in [7, 11) is 0. The lowest BCUT2D eigenvalue weighted by molar-refractivity contribution is -0.137. The Labute approximate surface area is 254 Å². The molecule has 0 saturated heterocycles. The van der Waals surface area contributed by atoms with Crippen LogP contribution in [0.15, 0.2) is 97.6 Å². The second-order valence-electron chi connectivity index (χ2n) is 9.97. The van der Waals surface area contributed by atoms with Crippen molar-refractivity contribution in [2.24, 2.45) is 0 Å². The fourth-order valence-electron chi connectivity index (χ4n) is 4.60. The largest absolute Gasteiger partial charge is 0.424 e. The van der Waals surface area contributed by atoms with Crippen LogP contribution in [0.1, 0.15) is 16.8 Å². The van der Waals surface area contributed by atoms with Crippen LogP contribution < -0.4 is 15.4 Å². The molecule has 10 nitrogen and oxygen atoms in total. The first-order valence-corrected chi connectivity index (χ1v) is 13.6. The first kappa shape index (κ1) is 29.3. The molecule has 6 aromatic rings. The SMILES string of the molecule is Cc1ccn2ncc(-c3ccc(Oc4ncc(NC(=O)Nc5cc(C(F)(F)F)ccc5-c5cccc(CO)c5)cn4)cc3)c2n1. The molecule has 3 aromatic carbocycles. The number of rotatable bonds is 7. The lowest BCUT2D eigenvalue weighted by atomic mass is 9.99. The minimum Gasteiger partial charge on any atom is -0.424 e. The molecular formula is C32H24F3N7O3. The topological polar surface area (TPSA) is 127 Å². The Kier molecular flexibility index (Phi) is 7.84. The molecule has 0 spiro atoms. The van der Waals surface area contributed by atoms with Crippen molar-refractivity contribution >= 4 is 23.1 Å². The quantitative estimate of drug-likeness (QED) is 0.176. The van der Waals surface area contributed by atoms with Crippen molar-refractivity contribution in [1.29, 1.82) is 0 Å². The fraction of sp³-hybridized carbons (Fsp3) is 0.0938. The molecule has 226 valence electrons. The molecule has 45 heavy (non-hydrogen) atoms. The molecule has 0 bridgehead atoms. The number of aliphatic hydroxyl groups is 1. The third kappa shape index (κ3) is 6.58. The van der Waals surface area contributed by atoms with E-state index in [1.54, 1.807) is 47.1 Å². The van der Waals surface area contributed by atoms with Gasteiger partial charge in [0.15, 0.2) is 5.65 Å². The number of urea groups is 1. The Morgan fingerprint density at radius 1 is 0.911 bits per heavy atom. The maximum Gasteiger partial charge on any atom is 0.416 e. The Hall–Kier alpha value is -5.82. The number of carbonyl (C=O) groups excluding carboxylic acids is 1. The zero-order valence-corrected chi connectivity index (χ0v) is 23.6. The number of amides is 2. The Bertz CT molecular complexity index is 1990. The minimum absolute atomic E-state index is 0.0194. The number of benzene rings is 3. The van der Waals surface area contributed by atoms with Crippen molar-refractivity contribution in [3.8, 4) is 34.0 Å². The van der Waals surface area contributed by atoms with Crippen LogP contribution in [-0.4, -0.2) is 35.7 Å². The van der Waals surface area contributed by atoms with Crippen molar-refractivity contribution in [2.75, 3.05) is 10.6 Å². The average Bonchev–Trinajstić information content (AvgIpc) is 3.45. The zero-order valence-electron chi connectivity index (χ0n) is 23.6. The van der Waals surface area contributed by atoms with Gasteiger partial charge in [-0.1, -0.05) is 36.4 Å². The number of hydrogen-bond donors (Lipinski definition) is 3. The van der Waals surface area contributed by atoms with Crippen molar-refractivity contribution in [3.63, 3.8) is 0 Å². The lowest BCUT2D eigenvalue weighted by Crippen LogP contribution is -2.20. The molecule has 0 fully saturated rings. The van der Waals surface area contributed by atoms with Crippen molar-refractivity contribution < 1.29 is 27.8 Å². The third-order valence-corrected chi connectivity index (χ3v) is 6.78. The van der Waals surface area contributed by atoms with E-state index >= 15 is 0 Å². The maximum atomic E-state index is 13.5. The van der Waals surface area contributed by atoms with Gasteiger partial charge in [-0.3, -0.25) is 0 Å². The summed E-state index contributed by atoms with van der Waals surface area (Å²) < 4.78 is 47.8.